The van der Waals surface area contributed by atoms with Crippen molar-refractivity contribution in [1.29, 1.82) is 0 Å². The van der Waals surface area contributed by atoms with E-state index in [0.717, 1.165) is 19.6 Å². The number of benzene rings is 1. The SMILES string of the molecule is CCN(CC)Cc1cccc(NC(C)C)c1. The molecular formula is C14H24N2. The van der Waals surface area contributed by atoms with Gasteiger partial charge in [-0.2, -0.15) is 0 Å². The van der Waals surface area contributed by atoms with E-state index in [4.69, 9.17) is 0 Å². The van der Waals surface area contributed by atoms with E-state index >= 15 is 0 Å². The van der Waals surface area contributed by atoms with Crippen molar-refractivity contribution in [2.45, 2.75) is 40.3 Å². The second-order valence-electron chi connectivity index (χ2n) is 4.46. The molecule has 1 aromatic rings. The number of nitrogens with one attached hydrogen (secondary N) is 1. The molecular weight excluding hydrogens is 196 g/mol. The van der Waals surface area contributed by atoms with Gasteiger partial charge in [-0.3, -0.25) is 4.90 Å². The summed E-state index contributed by atoms with van der Waals surface area (Å²) in [5.41, 5.74) is 2.61. The van der Waals surface area contributed by atoms with Crippen LogP contribution in [-0.4, -0.2) is 24.0 Å². The van der Waals surface area contributed by atoms with Gasteiger partial charge in [0, 0.05) is 18.3 Å². The van der Waals surface area contributed by atoms with Crippen LogP contribution < -0.4 is 5.32 Å². The molecule has 0 aliphatic heterocycles. The largest absolute Gasteiger partial charge is 0.383 e. The van der Waals surface area contributed by atoms with Gasteiger partial charge in [0.2, 0.25) is 0 Å². The summed E-state index contributed by atoms with van der Waals surface area (Å²) in [4.78, 5) is 2.43. The average Bonchev–Trinajstić information content (AvgIpc) is 2.25. The van der Waals surface area contributed by atoms with Crippen molar-refractivity contribution in [3.05, 3.63) is 29.8 Å². The minimum absolute atomic E-state index is 0.490. The van der Waals surface area contributed by atoms with Gasteiger partial charge in [-0.25, -0.2) is 0 Å². The minimum Gasteiger partial charge on any atom is -0.383 e. The minimum atomic E-state index is 0.490. The first-order chi connectivity index (χ1) is 7.65. The molecule has 0 spiro atoms. The van der Waals surface area contributed by atoms with Gasteiger partial charge in [0.1, 0.15) is 0 Å². The fourth-order valence-electron chi connectivity index (χ4n) is 1.80. The number of hydrogen-bond donors (Lipinski definition) is 1. The van der Waals surface area contributed by atoms with Crippen LogP contribution in [0.3, 0.4) is 0 Å². The third kappa shape index (κ3) is 4.23. The zero-order chi connectivity index (χ0) is 12.0. The Labute approximate surface area is 99.7 Å². The van der Waals surface area contributed by atoms with Gasteiger partial charge in [-0.1, -0.05) is 26.0 Å². The van der Waals surface area contributed by atoms with Gasteiger partial charge < -0.3 is 5.32 Å². The lowest BCUT2D eigenvalue weighted by atomic mass is 10.1. The fourth-order valence-corrected chi connectivity index (χ4v) is 1.80. The summed E-state index contributed by atoms with van der Waals surface area (Å²) in [5.74, 6) is 0. The summed E-state index contributed by atoms with van der Waals surface area (Å²) < 4.78 is 0. The maximum atomic E-state index is 3.44. The highest BCUT2D eigenvalue weighted by Crippen LogP contribution is 2.13. The summed E-state index contributed by atoms with van der Waals surface area (Å²) in [6, 6.07) is 9.20. The van der Waals surface area contributed by atoms with Crippen molar-refractivity contribution in [3.63, 3.8) is 0 Å². The summed E-state index contributed by atoms with van der Waals surface area (Å²) in [6.07, 6.45) is 0. The summed E-state index contributed by atoms with van der Waals surface area (Å²) in [6.45, 7) is 12.0. The number of nitrogens with zero attached hydrogens (tertiary/aromatic N) is 1. The van der Waals surface area contributed by atoms with E-state index in [0.29, 0.717) is 6.04 Å². The molecule has 1 N–H and O–H groups in total. The average molecular weight is 220 g/mol. The molecule has 0 fully saturated rings. The molecule has 16 heavy (non-hydrogen) atoms. The highest BCUT2D eigenvalue weighted by atomic mass is 15.1. The van der Waals surface area contributed by atoms with E-state index in [1.54, 1.807) is 0 Å². The lowest BCUT2D eigenvalue weighted by molar-refractivity contribution is 0.296. The number of hydrogen-bond acceptors (Lipinski definition) is 2. The highest BCUT2D eigenvalue weighted by Gasteiger charge is 2.02. The molecule has 0 heterocycles. The van der Waals surface area contributed by atoms with Gasteiger partial charge in [-0.05, 0) is 44.6 Å². The Hall–Kier alpha value is -1.02. The molecule has 0 aliphatic rings. The highest BCUT2D eigenvalue weighted by molar-refractivity contribution is 5.46. The predicted octanol–water partition coefficient (Wildman–Crippen LogP) is 3.35. The second kappa shape index (κ2) is 6.54. The van der Waals surface area contributed by atoms with Crippen molar-refractivity contribution < 1.29 is 0 Å². The van der Waals surface area contributed by atoms with Crippen LogP contribution in [0.25, 0.3) is 0 Å². The summed E-state index contributed by atoms with van der Waals surface area (Å²) in [5, 5.41) is 3.44. The van der Waals surface area contributed by atoms with Gasteiger partial charge in [0.25, 0.3) is 0 Å². The normalized spacial score (nSPS) is 11.1. The topological polar surface area (TPSA) is 15.3 Å². The smallest absolute Gasteiger partial charge is 0.0345 e. The third-order valence-corrected chi connectivity index (χ3v) is 2.68. The van der Waals surface area contributed by atoms with E-state index < -0.39 is 0 Å². The van der Waals surface area contributed by atoms with Crippen LogP contribution >= 0.6 is 0 Å². The monoisotopic (exact) mass is 220 g/mol. The molecule has 2 heteroatoms. The predicted molar refractivity (Wildman–Crippen MR) is 71.8 cm³/mol. The Balaban J connectivity index is 2.66. The van der Waals surface area contributed by atoms with Gasteiger partial charge >= 0.3 is 0 Å². The Kier molecular flexibility index (Phi) is 5.33. The standard InChI is InChI=1S/C14H24N2/c1-5-16(6-2)11-13-8-7-9-14(10-13)15-12(3)4/h7-10,12,15H,5-6,11H2,1-4H3. The Morgan fingerprint density at radius 3 is 2.44 bits per heavy atom. The molecule has 0 amide bonds. The van der Waals surface area contributed by atoms with Crippen molar-refractivity contribution >= 4 is 5.69 Å². The van der Waals surface area contributed by atoms with E-state index in [2.05, 4.69) is 62.2 Å². The fraction of sp³-hybridized carbons (Fsp3) is 0.571. The van der Waals surface area contributed by atoms with Gasteiger partial charge in [0.05, 0.1) is 0 Å². The van der Waals surface area contributed by atoms with Crippen molar-refractivity contribution in [2.75, 3.05) is 18.4 Å². The van der Waals surface area contributed by atoms with E-state index in [1.807, 2.05) is 0 Å². The molecule has 0 unspecified atom stereocenters. The summed E-state index contributed by atoms with van der Waals surface area (Å²) >= 11 is 0. The molecule has 0 bridgehead atoms. The van der Waals surface area contributed by atoms with E-state index in [9.17, 15) is 0 Å². The lowest BCUT2D eigenvalue weighted by Crippen LogP contribution is -2.22. The zero-order valence-electron chi connectivity index (χ0n) is 11.0. The molecule has 0 saturated heterocycles. The number of anilines is 1. The van der Waals surface area contributed by atoms with Crippen LogP contribution in [-0.2, 0) is 6.54 Å². The molecule has 1 aromatic carbocycles. The molecule has 0 aliphatic carbocycles. The molecule has 0 atom stereocenters. The molecule has 0 aromatic heterocycles. The van der Waals surface area contributed by atoms with Crippen molar-refractivity contribution in [2.24, 2.45) is 0 Å². The first-order valence-corrected chi connectivity index (χ1v) is 6.23. The van der Waals surface area contributed by atoms with Crippen molar-refractivity contribution in [3.8, 4) is 0 Å². The zero-order valence-corrected chi connectivity index (χ0v) is 11.0. The van der Waals surface area contributed by atoms with Gasteiger partial charge in [-0.15, -0.1) is 0 Å². The van der Waals surface area contributed by atoms with E-state index in [-0.39, 0.29) is 0 Å². The van der Waals surface area contributed by atoms with E-state index in [1.165, 1.54) is 11.3 Å². The maximum absolute atomic E-state index is 3.44. The molecule has 0 radical (unpaired) electrons. The maximum Gasteiger partial charge on any atom is 0.0345 e. The molecule has 0 saturated carbocycles. The Morgan fingerprint density at radius 1 is 1.19 bits per heavy atom. The van der Waals surface area contributed by atoms with Crippen LogP contribution in [0.1, 0.15) is 33.3 Å². The van der Waals surface area contributed by atoms with Crippen LogP contribution in [0.15, 0.2) is 24.3 Å². The summed E-state index contributed by atoms with van der Waals surface area (Å²) in [7, 11) is 0. The third-order valence-electron chi connectivity index (χ3n) is 2.68. The lowest BCUT2D eigenvalue weighted by Gasteiger charge is -2.19. The van der Waals surface area contributed by atoms with Gasteiger partial charge in [0.15, 0.2) is 0 Å². The van der Waals surface area contributed by atoms with Crippen LogP contribution in [0.2, 0.25) is 0 Å². The van der Waals surface area contributed by atoms with Crippen LogP contribution in [0, 0.1) is 0 Å². The molecule has 1 rings (SSSR count). The Bertz CT molecular complexity index is 303. The molecule has 2 nitrogen and oxygen atoms in total. The number of rotatable bonds is 6. The Morgan fingerprint density at radius 2 is 1.88 bits per heavy atom. The van der Waals surface area contributed by atoms with Crippen LogP contribution in [0.5, 0.6) is 0 Å². The van der Waals surface area contributed by atoms with Crippen LogP contribution in [0.4, 0.5) is 5.69 Å². The van der Waals surface area contributed by atoms with Crippen molar-refractivity contribution in [1.82, 2.24) is 4.90 Å². The first kappa shape index (κ1) is 13.0. The quantitative estimate of drug-likeness (QED) is 0.791. The first-order valence-electron chi connectivity index (χ1n) is 6.23. The second-order valence-corrected chi connectivity index (χ2v) is 4.46. The molecule has 90 valence electrons.